The molecule has 3 rings (SSSR count). The zero-order valence-corrected chi connectivity index (χ0v) is 17.5. The van der Waals surface area contributed by atoms with Crippen LogP contribution in [0.4, 0.5) is 4.79 Å². The van der Waals surface area contributed by atoms with Crippen molar-refractivity contribution in [3.8, 4) is 11.5 Å². The number of aromatic carboxylic acids is 1. The van der Waals surface area contributed by atoms with Crippen molar-refractivity contribution in [3.63, 3.8) is 0 Å². The Morgan fingerprint density at radius 3 is 2.67 bits per heavy atom. The van der Waals surface area contributed by atoms with Gasteiger partial charge in [0.1, 0.15) is 12.4 Å². The summed E-state index contributed by atoms with van der Waals surface area (Å²) in [7, 11) is 1.48. The van der Waals surface area contributed by atoms with Gasteiger partial charge in [0.2, 0.25) is 5.76 Å². The minimum atomic E-state index is -1.15. The molecule has 2 heterocycles. The number of carbonyl (C=O) groups excluding carboxylic acids is 2. The first-order valence-electron chi connectivity index (χ1n) is 9.24. The topological polar surface area (TPSA) is 106 Å². The third kappa shape index (κ3) is 4.51. The van der Waals surface area contributed by atoms with Crippen LogP contribution in [0.1, 0.15) is 42.1 Å². The van der Waals surface area contributed by atoms with E-state index in [0.717, 1.165) is 11.8 Å². The van der Waals surface area contributed by atoms with Crippen LogP contribution in [-0.4, -0.2) is 40.3 Å². The largest absolute Gasteiger partial charge is 0.493 e. The smallest absolute Gasteiger partial charge is 0.371 e. The summed E-state index contributed by atoms with van der Waals surface area (Å²) in [5.41, 5.74) is 0.681. The van der Waals surface area contributed by atoms with Gasteiger partial charge in [-0.2, -0.15) is 0 Å². The van der Waals surface area contributed by atoms with E-state index in [-0.39, 0.29) is 29.6 Å². The molecule has 1 fully saturated rings. The van der Waals surface area contributed by atoms with Gasteiger partial charge in [-0.05, 0) is 61.0 Å². The Kier molecular flexibility index (Phi) is 6.51. The maximum absolute atomic E-state index is 12.6. The fourth-order valence-electron chi connectivity index (χ4n) is 2.81. The Morgan fingerprint density at radius 2 is 2.03 bits per heavy atom. The van der Waals surface area contributed by atoms with Gasteiger partial charge in [-0.1, -0.05) is 13.0 Å². The number of methoxy groups -OCH3 is 1. The highest BCUT2D eigenvalue weighted by Gasteiger charge is 2.37. The van der Waals surface area contributed by atoms with E-state index >= 15 is 0 Å². The van der Waals surface area contributed by atoms with Crippen molar-refractivity contribution in [1.29, 1.82) is 0 Å². The van der Waals surface area contributed by atoms with Gasteiger partial charge in [0.15, 0.2) is 11.5 Å². The van der Waals surface area contributed by atoms with E-state index in [1.54, 1.807) is 24.3 Å². The Hall–Kier alpha value is -3.20. The van der Waals surface area contributed by atoms with Gasteiger partial charge in [0.25, 0.3) is 11.1 Å². The molecule has 0 unspecified atom stereocenters. The van der Waals surface area contributed by atoms with Gasteiger partial charge in [-0.3, -0.25) is 14.5 Å². The number of thioether (sulfide) groups is 1. The normalized spacial score (nSPS) is 16.2. The Morgan fingerprint density at radius 1 is 1.27 bits per heavy atom. The zero-order chi connectivity index (χ0) is 21.8. The SMILES string of the molecule is CC[C@H](C)N1C(=O)S/C(=C/c2ccc(OCc3ccc(C(=O)O)o3)c(OC)c2)C1=O. The number of carboxylic acids is 1. The Balaban J connectivity index is 1.75. The second-order valence-corrected chi connectivity index (χ2v) is 7.57. The summed E-state index contributed by atoms with van der Waals surface area (Å²) in [5.74, 6) is -0.406. The Labute approximate surface area is 177 Å². The molecule has 30 heavy (non-hydrogen) atoms. The van der Waals surface area contributed by atoms with Crippen molar-refractivity contribution in [1.82, 2.24) is 4.90 Å². The fourth-order valence-corrected chi connectivity index (χ4v) is 3.74. The molecular formula is C21H21NO7S. The molecule has 2 aromatic rings. The lowest BCUT2D eigenvalue weighted by Crippen LogP contribution is -2.36. The first kappa shape index (κ1) is 21.5. The van der Waals surface area contributed by atoms with E-state index in [0.29, 0.717) is 34.1 Å². The van der Waals surface area contributed by atoms with Crippen LogP contribution in [0.2, 0.25) is 0 Å². The molecule has 2 amide bonds. The van der Waals surface area contributed by atoms with E-state index in [1.165, 1.54) is 24.1 Å². The molecule has 1 aliphatic heterocycles. The maximum atomic E-state index is 12.6. The van der Waals surface area contributed by atoms with Crippen molar-refractivity contribution in [2.24, 2.45) is 0 Å². The number of furan rings is 1. The molecule has 1 aromatic carbocycles. The average molecular weight is 431 g/mol. The van der Waals surface area contributed by atoms with Crippen molar-refractivity contribution in [2.45, 2.75) is 32.9 Å². The molecule has 9 heteroatoms. The lowest BCUT2D eigenvalue weighted by molar-refractivity contribution is -0.124. The van der Waals surface area contributed by atoms with Gasteiger partial charge < -0.3 is 19.0 Å². The number of hydrogen-bond acceptors (Lipinski definition) is 7. The summed E-state index contributed by atoms with van der Waals surface area (Å²) >= 11 is 0.916. The molecular weight excluding hydrogens is 410 g/mol. The highest BCUT2D eigenvalue weighted by molar-refractivity contribution is 8.18. The number of carbonyl (C=O) groups is 3. The second-order valence-electron chi connectivity index (χ2n) is 6.58. The number of rotatable bonds is 8. The number of hydrogen-bond donors (Lipinski definition) is 1. The highest BCUT2D eigenvalue weighted by atomic mass is 32.2. The van der Waals surface area contributed by atoms with Gasteiger partial charge in [0, 0.05) is 6.04 Å². The fraction of sp³-hybridized carbons (Fsp3) is 0.286. The molecule has 0 saturated carbocycles. The lowest BCUT2D eigenvalue weighted by atomic mass is 10.1. The number of carboxylic acid groups (broad SMARTS) is 1. The summed E-state index contributed by atoms with van der Waals surface area (Å²) in [6.07, 6.45) is 2.33. The van der Waals surface area contributed by atoms with Gasteiger partial charge in [0.05, 0.1) is 12.0 Å². The minimum absolute atomic E-state index is 0.0246. The summed E-state index contributed by atoms with van der Waals surface area (Å²) < 4.78 is 16.2. The number of nitrogens with zero attached hydrogens (tertiary/aromatic N) is 1. The third-order valence-corrected chi connectivity index (χ3v) is 5.47. The van der Waals surface area contributed by atoms with Crippen molar-refractivity contribution in [2.75, 3.05) is 7.11 Å². The van der Waals surface area contributed by atoms with Gasteiger partial charge in [-0.25, -0.2) is 4.79 Å². The lowest BCUT2D eigenvalue weighted by Gasteiger charge is -2.19. The predicted octanol–water partition coefficient (Wildman–Crippen LogP) is 4.40. The molecule has 1 aromatic heterocycles. The van der Waals surface area contributed by atoms with Crippen molar-refractivity contribution < 1.29 is 33.4 Å². The summed E-state index contributed by atoms with van der Waals surface area (Å²) in [6, 6.07) is 7.82. The van der Waals surface area contributed by atoms with Crippen LogP contribution in [0.3, 0.4) is 0 Å². The van der Waals surface area contributed by atoms with E-state index in [4.69, 9.17) is 19.0 Å². The molecule has 1 atom stereocenters. The van der Waals surface area contributed by atoms with Crippen LogP contribution in [-0.2, 0) is 11.4 Å². The predicted molar refractivity (Wildman–Crippen MR) is 111 cm³/mol. The van der Waals surface area contributed by atoms with Crippen LogP contribution in [0.25, 0.3) is 6.08 Å². The van der Waals surface area contributed by atoms with Gasteiger partial charge >= 0.3 is 5.97 Å². The number of ether oxygens (including phenoxy) is 2. The number of imide groups is 1. The molecule has 1 saturated heterocycles. The molecule has 0 aliphatic carbocycles. The minimum Gasteiger partial charge on any atom is -0.493 e. The van der Waals surface area contributed by atoms with Crippen molar-refractivity contribution >= 4 is 35.0 Å². The summed E-state index contributed by atoms with van der Waals surface area (Å²) in [6.45, 7) is 3.79. The maximum Gasteiger partial charge on any atom is 0.371 e. The zero-order valence-electron chi connectivity index (χ0n) is 16.7. The van der Waals surface area contributed by atoms with Crippen molar-refractivity contribution in [3.05, 3.63) is 52.3 Å². The van der Waals surface area contributed by atoms with Crippen LogP contribution in [0, 0.1) is 0 Å². The van der Waals surface area contributed by atoms with E-state index < -0.39 is 5.97 Å². The third-order valence-electron chi connectivity index (χ3n) is 4.58. The molecule has 1 N–H and O–H groups in total. The van der Waals surface area contributed by atoms with Crippen LogP contribution >= 0.6 is 11.8 Å². The molecule has 1 aliphatic rings. The standard InChI is InChI=1S/C21H21NO7S/c1-4-12(2)22-19(23)18(30-21(22)26)10-13-5-7-15(17(9-13)27-3)28-11-14-6-8-16(29-14)20(24)25/h5-10,12H,4,11H2,1-3H3,(H,24,25)/b18-10+/t12-/m0/s1. The monoisotopic (exact) mass is 431 g/mol. The highest BCUT2D eigenvalue weighted by Crippen LogP contribution is 2.36. The van der Waals surface area contributed by atoms with E-state index in [2.05, 4.69) is 0 Å². The van der Waals surface area contributed by atoms with Gasteiger partial charge in [-0.15, -0.1) is 0 Å². The molecule has 158 valence electrons. The van der Waals surface area contributed by atoms with E-state index in [9.17, 15) is 14.4 Å². The Bertz CT molecular complexity index is 1010. The first-order valence-corrected chi connectivity index (χ1v) is 10.1. The molecule has 0 bridgehead atoms. The summed E-state index contributed by atoms with van der Waals surface area (Å²) in [4.78, 5) is 37.2. The number of benzene rings is 1. The molecule has 8 nitrogen and oxygen atoms in total. The average Bonchev–Trinajstić information content (AvgIpc) is 3.31. The van der Waals surface area contributed by atoms with Crippen LogP contribution in [0.5, 0.6) is 11.5 Å². The summed E-state index contributed by atoms with van der Waals surface area (Å²) in [5, 5.41) is 8.63. The molecule has 0 spiro atoms. The quantitative estimate of drug-likeness (QED) is 0.613. The second kappa shape index (κ2) is 9.08. The van der Waals surface area contributed by atoms with Crippen LogP contribution < -0.4 is 9.47 Å². The first-order chi connectivity index (χ1) is 14.3. The molecule has 0 radical (unpaired) electrons. The van der Waals surface area contributed by atoms with Crippen LogP contribution in [0.15, 0.2) is 39.7 Å². The number of amides is 2. The van der Waals surface area contributed by atoms with E-state index in [1.807, 2.05) is 13.8 Å².